The first-order chi connectivity index (χ1) is 14.1. The molecule has 3 aromatic rings. The Morgan fingerprint density at radius 1 is 0.966 bits per heavy atom. The van der Waals surface area contributed by atoms with Crippen LogP contribution in [-0.4, -0.2) is 33.9 Å². The molecule has 0 unspecified atom stereocenters. The van der Waals surface area contributed by atoms with Gasteiger partial charge in [0, 0.05) is 36.0 Å². The van der Waals surface area contributed by atoms with Gasteiger partial charge in [0.1, 0.15) is 12.1 Å². The van der Waals surface area contributed by atoms with E-state index in [-0.39, 0.29) is 5.91 Å². The average Bonchev–Trinajstić information content (AvgIpc) is 2.74. The lowest BCUT2D eigenvalue weighted by Gasteiger charge is -2.21. The van der Waals surface area contributed by atoms with E-state index >= 15 is 0 Å². The van der Waals surface area contributed by atoms with E-state index in [4.69, 9.17) is 0 Å². The Labute approximate surface area is 172 Å². The fourth-order valence-corrected chi connectivity index (χ4v) is 3.27. The molecule has 29 heavy (non-hydrogen) atoms. The minimum atomic E-state index is 0.0871. The van der Waals surface area contributed by atoms with Gasteiger partial charge >= 0.3 is 0 Å². The van der Waals surface area contributed by atoms with Gasteiger partial charge in [0.25, 0.3) is 5.91 Å². The monoisotopic (exact) mass is 388 g/mol. The Kier molecular flexibility index (Phi) is 6.95. The van der Waals surface area contributed by atoms with E-state index in [2.05, 4.69) is 48.2 Å². The van der Waals surface area contributed by atoms with Gasteiger partial charge in [-0.05, 0) is 50.1 Å². The van der Waals surface area contributed by atoms with Gasteiger partial charge in [-0.15, -0.1) is 0 Å². The second kappa shape index (κ2) is 9.82. The molecule has 0 bridgehead atoms. The van der Waals surface area contributed by atoms with Crippen molar-refractivity contribution in [1.82, 2.24) is 14.9 Å². The van der Waals surface area contributed by atoms with Crippen LogP contribution >= 0.6 is 0 Å². The van der Waals surface area contributed by atoms with E-state index in [1.165, 1.54) is 5.56 Å². The Hall–Kier alpha value is -3.21. The summed E-state index contributed by atoms with van der Waals surface area (Å²) >= 11 is 0. The topological polar surface area (TPSA) is 58.1 Å². The second-order valence-corrected chi connectivity index (χ2v) is 7.15. The molecule has 0 atom stereocenters. The molecule has 5 nitrogen and oxygen atoms in total. The van der Waals surface area contributed by atoms with Crippen molar-refractivity contribution in [2.45, 2.75) is 33.6 Å². The SMILES string of the molecule is CCCN(CCC)C(=O)c1ccc(Nc2cc(-c3cccc(C)c3)ncn2)cc1. The first-order valence-electron chi connectivity index (χ1n) is 10.2. The number of anilines is 2. The summed E-state index contributed by atoms with van der Waals surface area (Å²) in [6.07, 6.45) is 3.48. The zero-order valence-electron chi connectivity index (χ0n) is 17.4. The lowest BCUT2D eigenvalue weighted by atomic mass is 10.1. The molecule has 0 aliphatic heterocycles. The third kappa shape index (κ3) is 5.41. The largest absolute Gasteiger partial charge is 0.340 e. The molecule has 1 aromatic heterocycles. The van der Waals surface area contributed by atoms with Crippen molar-refractivity contribution < 1.29 is 4.79 Å². The van der Waals surface area contributed by atoms with E-state index in [1.807, 2.05) is 47.4 Å². The molecular weight excluding hydrogens is 360 g/mol. The lowest BCUT2D eigenvalue weighted by molar-refractivity contribution is 0.0755. The number of carbonyl (C=O) groups excluding carboxylic acids is 1. The molecule has 0 aliphatic rings. The summed E-state index contributed by atoms with van der Waals surface area (Å²) in [5.74, 6) is 0.804. The molecule has 0 spiro atoms. The molecule has 0 aliphatic carbocycles. The maximum Gasteiger partial charge on any atom is 0.253 e. The highest BCUT2D eigenvalue weighted by Crippen LogP contribution is 2.22. The van der Waals surface area contributed by atoms with Crippen LogP contribution in [0.2, 0.25) is 0 Å². The second-order valence-electron chi connectivity index (χ2n) is 7.15. The third-order valence-corrected chi connectivity index (χ3v) is 4.66. The van der Waals surface area contributed by atoms with Crippen molar-refractivity contribution in [3.8, 4) is 11.3 Å². The van der Waals surface area contributed by atoms with Gasteiger partial charge in [-0.25, -0.2) is 9.97 Å². The van der Waals surface area contributed by atoms with E-state index in [9.17, 15) is 4.79 Å². The van der Waals surface area contributed by atoms with Gasteiger partial charge in [0.15, 0.2) is 0 Å². The molecule has 5 heteroatoms. The van der Waals surface area contributed by atoms with Crippen molar-refractivity contribution in [2.24, 2.45) is 0 Å². The van der Waals surface area contributed by atoms with Gasteiger partial charge in [0.05, 0.1) is 5.69 Å². The van der Waals surface area contributed by atoms with Gasteiger partial charge in [-0.2, -0.15) is 0 Å². The molecular formula is C24H28N4O. The van der Waals surface area contributed by atoms with Crippen LogP contribution < -0.4 is 5.32 Å². The van der Waals surface area contributed by atoms with E-state index < -0.39 is 0 Å². The fraction of sp³-hybridized carbons (Fsp3) is 0.292. The average molecular weight is 389 g/mol. The molecule has 1 heterocycles. The van der Waals surface area contributed by atoms with Crippen LogP contribution in [0.5, 0.6) is 0 Å². The summed E-state index contributed by atoms with van der Waals surface area (Å²) in [6.45, 7) is 7.82. The van der Waals surface area contributed by atoms with Crippen LogP contribution in [0.3, 0.4) is 0 Å². The highest BCUT2D eigenvalue weighted by atomic mass is 16.2. The van der Waals surface area contributed by atoms with Crippen LogP contribution in [0.1, 0.15) is 42.6 Å². The molecule has 0 saturated carbocycles. The van der Waals surface area contributed by atoms with Crippen LogP contribution in [-0.2, 0) is 0 Å². The van der Waals surface area contributed by atoms with E-state index in [0.29, 0.717) is 11.4 Å². The number of hydrogen-bond acceptors (Lipinski definition) is 4. The first kappa shape index (κ1) is 20.5. The predicted octanol–water partition coefficient (Wildman–Crippen LogP) is 5.46. The fourth-order valence-electron chi connectivity index (χ4n) is 3.27. The van der Waals surface area contributed by atoms with Crippen molar-refractivity contribution in [1.29, 1.82) is 0 Å². The van der Waals surface area contributed by atoms with Gasteiger partial charge in [0.2, 0.25) is 0 Å². The van der Waals surface area contributed by atoms with Gasteiger partial charge in [-0.3, -0.25) is 4.79 Å². The molecule has 0 radical (unpaired) electrons. The van der Waals surface area contributed by atoms with Crippen molar-refractivity contribution in [2.75, 3.05) is 18.4 Å². The van der Waals surface area contributed by atoms with Crippen LogP contribution in [0.15, 0.2) is 60.9 Å². The molecule has 1 amide bonds. The molecule has 0 saturated heterocycles. The maximum absolute atomic E-state index is 12.7. The highest BCUT2D eigenvalue weighted by molar-refractivity contribution is 5.94. The highest BCUT2D eigenvalue weighted by Gasteiger charge is 2.14. The molecule has 150 valence electrons. The third-order valence-electron chi connectivity index (χ3n) is 4.66. The van der Waals surface area contributed by atoms with Gasteiger partial charge in [-0.1, -0.05) is 37.6 Å². The minimum absolute atomic E-state index is 0.0871. The number of rotatable bonds is 8. The van der Waals surface area contributed by atoms with Crippen molar-refractivity contribution >= 4 is 17.4 Å². The number of benzene rings is 2. The van der Waals surface area contributed by atoms with E-state index in [0.717, 1.165) is 42.9 Å². The van der Waals surface area contributed by atoms with Gasteiger partial charge < -0.3 is 10.2 Å². The number of aryl methyl sites for hydroxylation is 1. The molecule has 1 N–H and O–H groups in total. The zero-order valence-corrected chi connectivity index (χ0v) is 17.4. The Balaban J connectivity index is 1.73. The normalized spacial score (nSPS) is 10.6. The number of carbonyl (C=O) groups is 1. The van der Waals surface area contributed by atoms with Crippen LogP contribution in [0, 0.1) is 6.92 Å². The van der Waals surface area contributed by atoms with Crippen LogP contribution in [0.4, 0.5) is 11.5 Å². The molecule has 2 aromatic carbocycles. The molecule has 3 rings (SSSR count). The summed E-state index contributed by atoms with van der Waals surface area (Å²) in [5, 5.41) is 3.30. The Morgan fingerprint density at radius 2 is 1.69 bits per heavy atom. The predicted molar refractivity (Wildman–Crippen MR) is 118 cm³/mol. The summed E-state index contributed by atoms with van der Waals surface area (Å²) in [6, 6.07) is 17.7. The van der Waals surface area contributed by atoms with Crippen molar-refractivity contribution in [3.05, 3.63) is 72.1 Å². The number of nitrogens with zero attached hydrogens (tertiary/aromatic N) is 3. The first-order valence-corrected chi connectivity index (χ1v) is 10.2. The zero-order chi connectivity index (χ0) is 20.6. The lowest BCUT2D eigenvalue weighted by Crippen LogP contribution is -2.32. The maximum atomic E-state index is 12.7. The van der Waals surface area contributed by atoms with E-state index in [1.54, 1.807) is 6.33 Å². The minimum Gasteiger partial charge on any atom is -0.340 e. The number of amides is 1. The number of aromatic nitrogens is 2. The Morgan fingerprint density at radius 3 is 2.34 bits per heavy atom. The summed E-state index contributed by atoms with van der Waals surface area (Å²) in [7, 11) is 0. The van der Waals surface area contributed by atoms with Crippen molar-refractivity contribution in [3.63, 3.8) is 0 Å². The summed E-state index contributed by atoms with van der Waals surface area (Å²) in [4.78, 5) is 23.3. The quantitative estimate of drug-likeness (QED) is 0.557. The number of hydrogen-bond donors (Lipinski definition) is 1. The summed E-state index contributed by atoms with van der Waals surface area (Å²) in [5.41, 5.74) is 4.71. The number of nitrogens with one attached hydrogen (secondary N) is 1. The smallest absolute Gasteiger partial charge is 0.253 e. The van der Waals surface area contributed by atoms with Crippen LogP contribution in [0.25, 0.3) is 11.3 Å². The summed E-state index contributed by atoms with van der Waals surface area (Å²) < 4.78 is 0. The Bertz CT molecular complexity index is 947. The standard InChI is InChI=1S/C24H28N4O/c1-4-13-28(14-5-2)24(29)19-9-11-21(12-10-19)27-23-16-22(25-17-26-23)20-8-6-7-18(3)15-20/h6-12,15-17H,4-5,13-14H2,1-3H3,(H,25,26,27). The molecule has 0 fully saturated rings.